The zero-order chi connectivity index (χ0) is 19.1. The average molecular weight is 403 g/mol. The van der Waals surface area contributed by atoms with E-state index in [4.69, 9.17) is 4.98 Å². The number of fused-ring (bicyclic) bond motifs is 1. The van der Waals surface area contributed by atoms with Crippen molar-refractivity contribution >= 4 is 28.3 Å². The predicted octanol–water partition coefficient (Wildman–Crippen LogP) is 2.32. The van der Waals surface area contributed by atoms with Crippen molar-refractivity contribution in [3.63, 3.8) is 0 Å². The highest BCUT2D eigenvalue weighted by atomic mass is 32.1. The lowest BCUT2D eigenvalue weighted by atomic mass is 9.84. The van der Waals surface area contributed by atoms with E-state index in [2.05, 4.69) is 14.7 Å². The number of anilines is 1. The van der Waals surface area contributed by atoms with Crippen LogP contribution in [0, 0.1) is 11.8 Å². The van der Waals surface area contributed by atoms with Gasteiger partial charge in [-0.3, -0.25) is 9.59 Å². The van der Waals surface area contributed by atoms with Crippen LogP contribution < -0.4 is 4.90 Å². The summed E-state index contributed by atoms with van der Waals surface area (Å²) in [5.74, 6) is 1.17. The van der Waals surface area contributed by atoms with Gasteiger partial charge >= 0.3 is 0 Å². The number of carbonyl (C=O) groups excluding carboxylic acids is 2. The van der Waals surface area contributed by atoms with Gasteiger partial charge in [-0.2, -0.15) is 0 Å². The molecule has 2 saturated heterocycles. The maximum atomic E-state index is 12.8. The summed E-state index contributed by atoms with van der Waals surface area (Å²) >= 11 is 1.78. The molecule has 28 heavy (non-hydrogen) atoms. The molecule has 7 heteroatoms. The van der Waals surface area contributed by atoms with E-state index in [1.807, 2.05) is 0 Å². The lowest BCUT2D eigenvalue weighted by molar-refractivity contribution is -0.138. The topological polar surface area (TPSA) is 56.8 Å². The SMILES string of the molecule is O=C(C1CCC1)N1CCN(c2nc3c(s2)CC(C(=O)N2CCCC2)CC3)CC1. The summed E-state index contributed by atoms with van der Waals surface area (Å²) in [4.78, 5) is 37.9. The van der Waals surface area contributed by atoms with Gasteiger partial charge in [0.1, 0.15) is 0 Å². The van der Waals surface area contributed by atoms with Crippen molar-refractivity contribution in [2.75, 3.05) is 44.2 Å². The maximum absolute atomic E-state index is 12.8. The number of rotatable bonds is 3. The Bertz CT molecular complexity index is 746. The maximum Gasteiger partial charge on any atom is 0.226 e. The van der Waals surface area contributed by atoms with Crippen LogP contribution in [0.5, 0.6) is 0 Å². The zero-order valence-corrected chi connectivity index (χ0v) is 17.4. The molecular formula is C21H30N4O2S. The highest BCUT2D eigenvalue weighted by Crippen LogP contribution is 2.36. The van der Waals surface area contributed by atoms with Gasteiger partial charge in [0.15, 0.2) is 5.13 Å². The van der Waals surface area contributed by atoms with Crippen LogP contribution >= 0.6 is 11.3 Å². The van der Waals surface area contributed by atoms with E-state index in [1.165, 1.54) is 17.0 Å². The number of hydrogen-bond acceptors (Lipinski definition) is 5. The molecule has 6 nitrogen and oxygen atoms in total. The molecule has 0 aromatic carbocycles. The normalized spacial score (nSPS) is 25.6. The molecule has 2 aliphatic heterocycles. The van der Waals surface area contributed by atoms with Crippen LogP contribution in [-0.4, -0.2) is 65.9 Å². The van der Waals surface area contributed by atoms with Gasteiger partial charge in [0.2, 0.25) is 11.8 Å². The largest absolute Gasteiger partial charge is 0.345 e. The summed E-state index contributed by atoms with van der Waals surface area (Å²) in [6.45, 7) is 5.27. The van der Waals surface area contributed by atoms with Gasteiger partial charge in [-0.15, -0.1) is 11.3 Å². The van der Waals surface area contributed by atoms with Crippen molar-refractivity contribution in [3.8, 4) is 0 Å². The predicted molar refractivity (Wildman–Crippen MR) is 110 cm³/mol. The minimum absolute atomic E-state index is 0.149. The van der Waals surface area contributed by atoms with E-state index in [0.29, 0.717) is 17.7 Å². The Labute approximate surface area is 170 Å². The van der Waals surface area contributed by atoms with Gasteiger partial charge in [0, 0.05) is 56.0 Å². The Kier molecular flexibility index (Phi) is 5.03. The first kappa shape index (κ1) is 18.4. The molecule has 3 fully saturated rings. The Morgan fingerprint density at radius 1 is 0.821 bits per heavy atom. The fraction of sp³-hybridized carbons (Fsp3) is 0.762. The number of likely N-dealkylation sites (tertiary alicyclic amines) is 1. The zero-order valence-electron chi connectivity index (χ0n) is 16.6. The van der Waals surface area contributed by atoms with Crippen LogP contribution in [0.1, 0.15) is 49.1 Å². The molecule has 3 heterocycles. The van der Waals surface area contributed by atoms with Crippen molar-refractivity contribution in [1.29, 1.82) is 0 Å². The summed E-state index contributed by atoms with van der Waals surface area (Å²) in [7, 11) is 0. The molecule has 2 amide bonds. The molecule has 1 aromatic rings. The molecule has 1 atom stereocenters. The molecule has 152 valence electrons. The minimum Gasteiger partial charge on any atom is -0.345 e. The third-order valence-electron chi connectivity index (χ3n) is 7.01. The van der Waals surface area contributed by atoms with Crippen molar-refractivity contribution in [2.24, 2.45) is 11.8 Å². The second-order valence-corrected chi connectivity index (χ2v) is 9.84. The molecule has 1 aromatic heterocycles. The molecule has 2 aliphatic carbocycles. The molecule has 1 unspecified atom stereocenters. The van der Waals surface area contributed by atoms with Crippen LogP contribution in [0.25, 0.3) is 0 Å². The number of piperazine rings is 1. The van der Waals surface area contributed by atoms with E-state index < -0.39 is 0 Å². The summed E-state index contributed by atoms with van der Waals surface area (Å²) in [6, 6.07) is 0. The van der Waals surface area contributed by atoms with E-state index in [1.54, 1.807) is 11.3 Å². The lowest BCUT2D eigenvalue weighted by Gasteiger charge is -2.38. The Morgan fingerprint density at radius 2 is 1.50 bits per heavy atom. The van der Waals surface area contributed by atoms with Gasteiger partial charge in [-0.1, -0.05) is 6.42 Å². The lowest BCUT2D eigenvalue weighted by Crippen LogP contribution is -2.51. The van der Waals surface area contributed by atoms with Crippen molar-refractivity contribution in [3.05, 3.63) is 10.6 Å². The number of aromatic nitrogens is 1. The minimum atomic E-state index is 0.149. The quantitative estimate of drug-likeness (QED) is 0.779. The molecule has 4 aliphatic rings. The van der Waals surface area contributed by atoms with E-state index in [-0.39, 0.29) is 5.92 Å². The summed E-state index contributed by atoms with van der Waals surface area (Å²) in [6.07, 6.45) is 8.41. The van der Waals surface area contributed by atoms with E-state index in [0.717, 1.165) is 89.3 Å². The Morgan fingerprint density at radius 3 is 2.18 bits per heavy atom. The number of amides is 2. The number of thiazole rings is 1. The molecule has 0 spiro atoms. The fourth-order valence-electron chi connectivity index (χ4n) is 4.93. The van der Waals surface area contributed by atoms with E-state index >= 15 is 0 Å². The van der Waals surface area contributed by atoms with Crippen LogP contribution in [0.15, 0.2) is 0 Å². The molecule has 0 radical (unpaired) electrons. The summed E-state index contributed by atoms with van der Waals surface area (Å²) < 4.78 is 0. The third kappa shape index (κ3) is 3.42. The van der Waals surface area contributed by atoms with Gasteiger partial charge in [0.05, 0.1) is 5.69 Å². The number of hydrogen-bond donors (Lipinski definition) is 0. The van der Waals surface area contributed by atoms with Crippen molar-refractivity contribution in [2.45, 2.75) is 51.4 Å². The van der Waals surface area contributed by atoms with Crippen LogP contribution in [0.2, 0.25) is 0 Å². The van der Waals surface area contributed by atoms with Crippen molar-refractivity contribution < 1.29 is 9.59 Å². The number of nitrogens with zero attached hydrogens (tertiary/aromatic N) is 4. The van der Waals surface area contributed by atoms with E-state index in [9.17, 15) is 9.59 Å². The number of carbonyl (C=O) groups is 2. The average Bonchev–Trinajstić information content (AvgIpc) is 3.35. The summed E-state index contributed by atoms with van der Waals surface area (Å²) in [5.41, 5.74) is 1.21. The van der Waals surface area contributed by atoms with Crippen LogP contribution in [0.4, 0.5) is 5.13 Å². The molecule has 5 rings (SSSR count). The first-order valence-corrected chi connectivity index (χ1v) is 11.8. The van der Waals surface area contributed by atoms with Crippen LogP contribution in [-0.2, 0) is 22.4 Å². The molecule has 0 N–H and O–H groups in total. The van der Waals surface area contributed by atoms with Gasteiger partial charge in [-0.05, 0) is 44.9 Å². The second-order valence-electron chi connectivity index (χ2n) is 8.78. The Hall–Kier alpha value is -1.63. The highest BCUT2D eigenvalue weighted by molar-refractivity contribution is 7.15. The fourth-order valence-corrected chi connectivity index (χ4v) is 6.17. The van der Waals surface area contributed by atoms with Crippen molar-refractivity contribution in [1.82, 2.24) is 14.8 Å². The molecular weight excluding hydrogens is 372 g/mol. The summed E-state index contributed by atoms with van der Waals surface area (Å²) in [5, 5.41) is 1.09. The molecule has 1 saturated carbocycles. The first-order valence-electron chi connectivity index (χ1n) is 11.0. The standard InChI is InChI=1S/C21H30N4O2S/c26-19(15-4-3-5-15)24-10-12-25(13-11-24)21-22-17-7-6-16(14-18(17)28-21)20(27)23-8-1-2-9-23/h15-16H,1-14H2. The van der Waals surface area contributed by atoms with Crippen LogP contribution in [0.3, 0.4) is 0 Å². The Balaban J connectivity index is 1.19. The second kappa shape index (κ2) is 7.65. The molecule has 0 bridgehead atoms. The van der Waals surface area contributed by atoms with Gasteiger partial charge in [0.25, 0.3) is 0 Å². The number of aryl methyl sites for hydroxylation is 1. The van der Waals surface area contributed by atoms with Gasteiger partial charge < -0.3 is 14.7 Å². The third-order valence-corrected chi connectivity index (χ3v) is 8.19. The smallest absolute Gasteiger partial charge is 0.226 e. The highest BCUT2D eigenvalue weighted by Gasteiger charge is 2.34. The van der Waals surface area contributed by atoms with Gasteiger partial charge in [-0.25, -0.2) is 4.98 Å². The monoisotopic (exact) mass is 402 g/mol. The first-order chi connectivity index (χ1) is 13.7.